The molecule has 0 aliphatic heterocycles. The summed E-state index contributed by atoms with van der Waals surface area (Å²) in [5.41, 5.74) is 10.9. The number of anilines is 3. The van der Waals surface area contributed by atoms with Gasteiger partial charge in [0, 0.05) is 23.6 Å². The van der Waals surface area contributed by atoms with Crippen molar-refractivity contribution in [3.05, 3.63) is 96.8 Å². The molecule has 0 amide bonds. The van der Waals surface area contributed by atoms with Crippen molar-refractivity contribution in [2.45, 2.75) is 6.92 Å². The van der Waals surface area contributed by atoms with E-state index in [4.69, 9.17) is 10.5 Å². The van der Waals surface area contributed by atoms with Crippen LogP contribution in [0.25, 0.3) is 22.5 Å². The van der Waals surface area contributed by atoms with E-state index in [1.807, 2.05) is 79.7 Å². The van der Waals surface area contributed by atoms with Crippen LogP contribution in [0.15, 0.2) is 91.3 Å². The summed E-state index contributed by atoms with van der Waals surface area (Å²) in [6.07, 6.45) is 3.27. The summed E-state index contributed by atoms with van der Waals surface area (Å²) in [6.45, 7) is 2.02. The fourth-order valence-corrected chi connectivity index (χ4v) is 3.48. The molecule has 166 valence electrons. The summed E-state index contributed by atoms with van der Waals surface area (Å²) < 4.78 is 6.02. The Labute approximate surface area is 196 Å². The Bertz CT molecular complexity index is 1420. The Morgan fingerprint density at radius 1 is 0.824 bits per heavy atom. The second-order valence-corrected chi connectivity index (χ2v) is 7.53. The highest BCUT2D eigenvalue weighted by molar-refractivity contribution is 5.67. The SMILES string of the molecule is Cc1cc(Nc2ccc(Oc3ncccc3-c3ccnc(N)n3)cc2)nnc1-c1ccccc1. The van der Waals surface area contributed by atoms with Crippen molar-refractivity contribution < 1.29 is 4.74 Å². The minimum Gasteiger partial charge on any atom is -0.438 e. The van der Waals surface area contributed by atoms with E-state index in [9.17, 15) is 0 Å². The number of hydrogen-bond acceptors (Lipinski definition) is 8. The zero-order chi connectivity index (χ0) is 23.3. The highest BCUT2D eigenvalue weighted by Gasteiger charge is 2.11. The molecule has 0 spiro atoms. The maximum absolute atomic E-state index is 6.02. The summed E-state index contributed by atoms with van der Waals surface area (Å²) in [5.74, 6) is 1.92. The molecule has 0 saturated heterocycles. The van der Waals surface area contributed by atoms with E-state index in [0.717, 1.165) is 28.1 Å². The summed E-state index contributed by atoms with van der Waals surface area (Å²) in [4.78, 5) is 12.6. The van der Waals surface area contributed by atoms with E-state index in [-0.39, 0.29) is 5.95 Å². The topological polar surface area (TPSA) is 112 Å². The van der Waals surface area contributed by atoms with Crippen LogP contribution in [0.2, 0.25) is 0 Å². The molecule has 8 heteroatoms. The third-order valence-electron chi connectivity index (χ3n) is 5.09. The highest BCUT2D eigenvalue weighted by atomic mass is 16.5. The molecule has 3 aromatic heterocycles. The minimum absolute atomic E-state index is 0.192. The Hall–Kier alpha value is -4.85. The maximum atomic E-state index is 6.02. The van der Waals surface area contributed by atoms with Crippen molar-refractivity contribution in [2.24, 2.45) is 0 Å². The molecule has 3 N–H and O–H groups in total. The van der Waals surface area contributed by atoms with Gasteiger partial charge in [-0.15, -0.1) is 10.2 Å². The summed E-state index contributed by atoms with van der Waals surface area (Å²) in [6, 6.07) is 25.0. The van der Waals surface area contributed by atoms with Crippen LogP contribution in [0.3, 0.4) is 0 Å². The molecule has 0 unspecified atom stereocenters. The molecule has 2 aromatic carbocycles. The molecule has 5 rings (SSSR count). The predicted octanol–water partition coefficient (Wildman–Crippen LogP) is 5.42. The lowest BCUT2D eigenvalue weighted by Gasteiger charge is -2.11. The normalized spacial score (nSPS) is 10.6. The lowest BCUT2D eigenvalue weighted by atomic mass is 10.1. The lowest BCUT2D eigenvalue weighted by Crippen LogP contribution is -1.99. The number of benzene rings is 2. The number of nitrogens with two attached hydrogens (primary N) is 1. The van der Waals surface area contributed by atoms with Gasteiger partial charge in [-0.2, -0.15) is 0 Å². The van der Waals surface area contributed by atoms with Gasteiger partial charge >= 0.3 is 0 Å². The molecule has 0 saturated carbocycles. The zero-order valence-corrected chi connectivity index (χ0v) is 18.4. The van der Waals surface area contributed by atoms with Gasteiger partial charge in [0.15, 0.2) is 5.82 Å². The van der Waals surface area contributed by atoms with E-state index < -0.39 is 0 Å². The van der Waals surface area contributed by atoms with E-state index in [0.29, 0.717) is 23.1 Å². The van der Waals surface area contributed by atoms with E-state index >= 15 is 0 Å². The number of aromatic nitrogens is 5. The van der Waals surface area contributed by atoms with E-state index in [1.54, 1.807) is 18.5 Å². The second kappa shape index (κ2) is 9.33. The summed E-state index contributed by atoms with van der Waals surface area (Å²) in [7, 11) is 0. The van der Waals surface area contributed by atoms with Gasteiger partial charge in [-0.05, 0) is 61.0 Å². The molecule has 34 heavy (non-hydrogen) atoms. The molecule has 5 aromatic rings. The first kappa shape index (κ1) is 21.0. The third-order valence-corrected chi connectivity index (χ3v) is 5.09. The monoisotopic (exact) mass is 447 g/mol. The number of aryl methyl sites for hydroxylation is 1. The first-order valence-corrected chi connectivity index (χ1v) is 10.6. The van der Waals surface area contributed by atoms with Crippen LogP contribution >= 0.6 is 0 Å². The molecule has 8 nitrogen and oxygen atoms in total. The Balaban J connectivity index is 1.31. The Kier molecular flexibility index (Phi) is 5.77. The molecular weight excluding hydrogens is 426 g/mol. The van der Waals surface area contributed by atoms with Crippen LogP contribution < -0.4 is 15.8 Å². The lowest BCUT2D eigenvalue weighted by molar-refractivity contribution is 0.465. The van der Waals surface area contributed by atoms with Gasteiger partial charge in [-0.25, -0.2) is 15.0 Å². The number of nitrogens with one attached hydrogen (secondary N) is 1. The van der Waals surface area contributed by atoms with Crippen LogP contribution in [0.5, 0.6) is 11.6 Å². The standard InChI is InChI=1S/C26H21N7O/c1-17-16-23(32-33-24(17)18-6-3-2-4-7-18)30-19-9-11-20(12-10-19)34-25-21(8-5-14-28-25)22-13-15-29-26(27)31-22/h2-16H,1H3,(H,30,32)(H2,27,29,31). The van der Waals surface area contributed by atoms with Crippen molar-refractivity contribution >= 4 is 17.5 Å². The largest absolute Gasteiger partial charge is 0.438 e. The van der Waals surface area contributed by atoms with Gasteiger partial charge in [0.2, 0.25) is 11.8 Å². The van der Waals surface area contributed by atoms with Crippen LogP contribution in [0.4, 0.5) is 17.5 Å². The number of hydrogen-bond donors (Lipinski definition) is 2. The third kappa shape index (κ3) is 4.66. The van der Waals surface area contributed by atoms with Crippen LogP contribution in [-0.4, -0.2) is 25.1 Å². The number of nitrogens with zero attached hydrogens (tertiary/aromatic N) is 5. The van der Waals surface area contributed by atoms with Crippen LogP contribution in [0, 0.1) is 6.92 Å². The highest BCUT2D eigenvalue weighted by Crippen LogP contribution is 2.31. The molecule has 0 atom stereocenters. The molecule has 0 fully saturated rings. The van der Waals surface area contributed by atoms with Crippen molar-refractivity contribution in [1.29, 1.82) is 0 Å². The van der Waals surface area contributed by atoms with Crippen molar-refractivity contribution in [3.8, 4) is 34.1 Å². The van der Waals surface area contributed by atoms with Gasteiger partial charge in [0.1, 0.15) is 5.75 Å². The van der Waals surface area contributed by atoms with Gasteiger partial charge in [-0.1, -0.05) is 30.3 Å². The summed E-state index contributed by atoms with van der Waals surface area (Å²) in [5, 5.41) is 12.0. The number of rotatable bonds is 6. The molecule has 0 radical (unpaired) electrons. The average molecular weight is 448 g/mol. The fraction of sp³-hybridized carbons (Fsp3) is 0.0385. The minimum atomic E-state index is 0.192. The van der Waals surface area contributed by atoms with Crippen molar-refractivity contribution in [3.63, 3.8) is 0 Å². The molecule has 0 aliphatic carbocycles. The number of ether oxygens (including phenoxy) is 1. The molecule has 0 bridgehead atoms. The van der Waals surface area contributed by atoms with Crippen LogP contribution in [-0.2, 0) is 0 Å². The van der Waals surface area contributed by atoms with Crippen molar-refractivity contribution in [1.82, 2.24) is 25.1 Å². The van der Waals surface area contributed by atoms with Gasteiger partial charge in [-0.3, -0.25) is 0 Å². The summed E-state index contributed by atoms with van der Waals surface area (Å²) >= 11 is 0. The fourth-order valence-electron chi connectivity index (χ4n) is 3.48. The smallest absolute Gasteiger partial charge is 0.228 e. The first-order chi connectivity index (χ1) is 16.7. The quantitative estimate of drug-likeness (QED) is 0.355. The second-order valence-electron chi connectivity index (χ2n) is 7.53. The van der Waals surface area contributed by atoms with E-state index in [2.05, 4.69) is 30.5 Å². The van der Waals surface area contributed by atoms with Crippen LogP contribution in [0.1, 0.15) is 5.56 Å². The molecule has 0 aliphatic rings. The molecule has 3 heterocycles. The van der Waals surface area contributed by atoms with Crippen molar-refractivity contribution in [2.75, 3.05) is 11.1 Å². The first-order valence-electron chi connectivity index (χ1n) is 10.6. The van der Waals surface area contributed by atoms with Gasteiger partial charge in [0.25, 0.3) is 0 Å². The Morgan fingerprint density at radius 2 is 1.65 bits per heavy atom. The maximum Gasteiger partial charge on any atom is 0.228 e. The Morgan fingerprint density at radius 3 is 2.41 bits per heavy atom. The number of pyridine rings is 1. The number of nitrogen functional groups attached to an aromatic ring is 1. The average Bonchev–Trinajstić information content (AvgIpc) is 2.86. The van der Waals surface area contributed by atoms with E-state index in [1.165, 1.54) is 0 Å². The van der Waals surface area contributed by atoms with Gasteiger partial charge < -0.3 is 15.8 Å². The van der Waals surface area contributed by atoms with Gasteiger partial charge in [0.05, 0.1) is 17.0 Å². The predicted molar refractivity (Wildman–Crippen MR) is 132 cm³/mol. The zero-order valence-electron chi connectivity index (χ0n) is 18.4. The molecular formula is C26H21N7O.